The van der Waals surface area contributed by atoms with Crippen molar-refractivity contribution in [3.05, 3.63) is 29.3 Å². The second-order valence-corrected chi connectivity index (χ2v) is 10.4. The van der Waals surface area contributed by atoms with Gasteiger partial charge in [0.05, 0.1) is 36.7 Å². The molecule has 2 amide bonds. The van der Waals surface area contributed by atoms with Crippen LogP contribution in [0.15, 0.2) is 18.2 Å². The van der Waals surface area contributed by atoms with Gasteiger partial charge in [0.25, 0.3) is 5.91 Å². The molecule has 4 fully saturated rings. The van der Waals surface area contributed by atoms with Crippen molar-refractivity contribution in [2.24, 2.45) is 5.92 Å². The molecule has 0 aromatic heterocycles. The van der Waals surface area contributed by atoms with E-state index in [-0.39, 0.29) is 36.0 Å². The Morgan fingerprint density at radius 3 is 2.94 bits per heavy atom. The van der Waals surface area contributed by atoms with Gasteiger partial charge in [0.1, 0.15) is 6.17 Å². The second-order valence-electron chi connectivity index (χ2n) is 10.4. The highest BCUT2D eigenvalue weighted by atomic mass is 16.5. The molecule has 0 aliphatic carbocycles. The summed E-state index contributed by atoms with van der Waals surface area (Å²) in [5, 5.41) is 18.3. The number of hydrogen-bond acceptors (Lipinski definition) is 8. The van der Waals surface area contributed by atoms with Crippen molar-refractivity contribution in [2.75, 3.05) is 45.3 Å². The number of ether oxygens (including phenoxy) is 2. The SMILES string of the molecule is CO[C@@H]1CCN(C(=O)c2ccc(NC3NN([C@]4(CC#N)CCCOC4)C4CCNC(=O)C34)cc2C)C1. The summed E-state index contributed by atoms with van der Waals surface area (Å²) in [5.74, 6) is -0.285. The number of piperidine rings is 1. The van der Waals surface area contributed by atoms with Gasteiger partial charge in [-0.15, -0.1) is 0 Å². The smallest absolute Gasteiger partial charge is 0.254 e. The van der Waals surface area contributed by atoms with Crippen molar-refractivity contribution in [1.29, 1.82) is 5.26 Å². The highest BCUT2D eigenvalue weighted by Gasteiger charge is 2.54. The van der Waals surface area contributed by atoms with Crippen LogP contribution in [0.2, 0.25) is 0 Å². The van der Waals surface area contributed by atoms with Crippen LogP contribution in [0.4, 0.5) is 5.69 Å². The number of aryl methyl sites for hydroxylation is 1. The van der Waals surface area contributed by atoms with Crippen molar-refractivity contribution in [1.82, 2.24) is 20.7 Å². The van der Waals surface area contributed by atoms with Crippen LogP contribution < -0.4 is 16.1 Å². The van der Waals surface area contributed by atoms with Crippen molar-refractivity contribution in [2.45, 2.75) is 62.9 Å². The summed E-state index contributed by atoms with van der Waals surface area (Å²) in [6.45, 7) is 5.04. The minimum atomic E-state index is -0.452. The number of rotatable bonds is 6. The average Bonchev–Trinajstić information content (AvgIpc) is 3.51. The highest BCUT2D eigenvalue weighted by molar-refractivity contribution is 5.96. The molecule has 10 nitrogen and oxygen atoms in total. The first kappa shape index (κ1) is 25.0. The van der Waals surface area contributed by atoms with Crippen LogP contribution >= 0.6 is 0 Å². The Balaban J connectivity index is 1.35. The molecule has 5 rings (SSSR count). The second kappa shape index (κ2) is 10.3. The molecule has 3 N–H and O–H groups in total. The number of likely N-dealkylation sites (tertiary alicyclic amines) is 1. The summed E-state index contributed by atoms with van der Waals surface area (Å²) in [4.78, 5) is 27.9. The van der Waals surface area contributed by atoms with Crippen molar-refractivity contribution < 1.29 is 19.1 Å². The van der Waals surface area contributed by atoms with E-state index in [2.05, 4.69) is 27.1 Å². The molecule has 5 atom stereocenters. The first-order chi connectivity index (χ1) is 17.5. The van der Waals surface area contributed by atoms with Gasteiger partial charge in [0.2, 0.25) is 5.91 Å². The van der Waals surface area contributed by atoms with Gasteiger partial charge >= 0.3 is 0 Å². The van der Waals surface area contributed by atoms with E-state index in [1.165, 1.54) is 0 Å². The maximum absolute atomic E-state index is 13.1. The number of carbonyl (C=O) groups excluding carboxylic acids is 2. The Morgan fingerprint density at radius 2 is 2.25 bits per heavy atom. The number of hydrazine groups is 1. The Labute approximate surface area is 212 Å². The number of anilines is 1. The molecule has 36 heavy (non-hydrogen) atoms. The minimum absolute atomic E-state index is 0.00726. The van der Waals surface area contributed by atoms with Crippen molar-refractivity contribution >= 4 is 17.5 Å². The van der Waals surface area contributed by atoms with Gasteiger partial charge in [-0.1, -0.05) is 0 Å². The maximum atomic E-state index is 13.1. The molecule has 0 saturated carbocycles. The molecule has 3 unspecified atom stereocenters. The number of hydrogen-bond donors (Lipinski definition) is 3. The molecular formula is C26H36N6O4. The maximum Gasteiger partial charge on any atom is 0.254 e. The van der Waals surface area contributed by atoms with E-state index in [0.29, 0.717) is 44.8 Å². The van der Waals surface area contributed by atoms with Gasteiger partial charge in [-0.2, -0.15) is 5.26 Å². The number of nitriles is 1. The molecule has 0 bridgehead atoms. The number of methoxy groups -OCH3 is 1. The topological polar surface area (TPSA) is 119 Å². The van der Waals surface area contributed by atoms with E-state index >= 15 is 0 Å². The number of nitrogens with one attached hydrogen (secondary N) is 3. The monoisotopic (exact) mass is 496 g/mol. The molecule has 4 heterocycles. The van der Waals surface area contributed by atoms with E-state index in [1.54, 1.807) is 7.11 Å². The molecule has 194 valence electrons. The Kier molecular flexibility index (Phi) is 7.17. The third kappa shape index (κ3) is 4.57. The molecule has 10 heteroatoms. The fourth-order valence-corrected chi connectivity index (χ4v) is 6.26. The van der Waals surface area contributed by atoms with Crippen LogP contribution in [-0.2, 0) is 14.3 Å². The molecule has 4 aliphatic rings. The van der Waals surface area contributed by atoms with Gasteiger partial charge in [0, 0.05) is 50.6 Å². The van der Waals surface area contributed by atoms with Crippen LogP contribution in [0.3, 0.4) is 0 Å². The van der Waals surface area contributed by atoms with Gasteiger partial charge in [-0.05, 0) is 56.4 Å². The summed E-state index contributed by atoms with van der Waals surface area (Å²) in [5.41, 5.74) is 5.51. The summed E-state index contributed by atoms with van der Waals surface area (Å²) in [6.07, 6.45) is 3.50. The van der Waals surface area contributed by atoms with Crippen LogP contribution in [0.1, 0.15) is 48.0 Å². The fraction of sp³-hybridized carbons (Fsp3) is 0.654. The summed E-state index contributed by atoms with van der Waals surface area (Å²) < 4.78 is 11.2. The Bertz CT molecular complexity index is 1040. The van der Waals surface area contributed by atoms with E-state index in [0.717, 1.165) is 36.9 Å². The minimum Gasteiger partial charge on any atom is -0.380 e. The highest BCUT2D eigenvalue weighted by Crippen LogP contribution is 2.39. The lowest BCUT2D eigenvalue weighted by molar-refractivity contribution is -0.130. The molecule has 4 aliphatic heterocycles. The van der Waals surface area contributed by atoms with E-state index in [1.807, 2.05) is 30.0 Å². The molecule has 1 aromatic carbocycles. The van der Waals surface area contributed by atoms with Gasteiger partial charge in [0.15, 0.2) is 0 Å². The largest absolute Gasteiger partial charge is 0.380 e. The van der Waals surface area contributed by atoms with Crippen LogP contribution in [0.5, 0.6) is 0 Å². The van der Waals surface area contributed by atoms with Gasteiger partial charge < -0.3 is 25.0 Å². The Hall–Kier alpha value is -2.71. The number of carbonyl (C=O) groups is 2. The Morgan fingerprint density at radius 1 is 1.39 bits per heavy atom. The molecule has 0 radical (unpaired) electrons. The number of nitrogens with zero attached hydrogens (tertiary/aromatic N) is 3. The third-order valence-electron chi connectivity index (χ3n) is 8.19. The zero-order valence-corrected chi connectivity index (χ0v) is 21.1. The van der Waals surface area contributed by atoms with Gasteiger partial charge in [-0.3, -0.25) is 9.59 Å². The summed E-state index contributed by atoms with van der Waals surface area (Å²) in [7, 11) is 1.68. The molecular weight excluding hydrogens is 460 g/mol. The van der Waals surface area contributed by atoms with Crippen LogP contribution in [0.25, 0.3) is 0 Å². The van der Waals surface area contributed by atoms with Gasteiger partial charge in [-0.25, -0.2) is 10.4 Å². The quantitative estimate of drug-likeness (QED) is 0.541. The normalized spacial score (nSPS) is 32.6. The summed E-state index contributed by atoms with van der Waals surface area (Å²) >= 11 is 0. The third-order valence-corrected chi connectivity index (χ3v) is 8.19. The van der Waals surface area contributed by atoms with E-state index < -0.39 is 5.54 Å². The van der Waals surface area contributed by atoms with Crippen molar-refractivity contribution in [3.8, 4) is 6.07 Å². The van der Waals surface area contributed by atoms with Crippen LogP contribution in [-0.4, -0.2) is 85.5 Å². The van der Waals surface area contributed by atoms with Crippen LogP contribution in [0, 0.1) is 24.2 Å². The lowest BCUT2D eigenvalue weighted by Gasteiger charge is -2.46. The zero-order chi connectivity index (χ0) is 25.3. The predicted molar refractivity (Wildman–Crippen MR) is 133 cm³/mol. The predicted octanol–water partition coefficient (Wildman–Crippen LogP) is 1.38. The number of fused-ring (bicyclic) bond motifs is 1. The van der Waals surface area contributed by atoms with E-state index in [4.69, 9.17) is 9.47 Å². The molecule has 4 saturated heterocycles. The van der Waals surface area contributed by atoms with Crippen molar-refractivity contribution in [3.63, 3.8) is 0 Å². The molecule has 0 spiro atoms. The lowest BCUT2D eigenvalue weighted by atomic mass is 9.84. The zero-order valence-electron chi connectivity index (χ0n) is 21.1. The first-order valence-electron chi connectivity index (χ1n) is 12.9. The number of amides is 2. The molecule has 1 aromatic rings. The first-order valence-corrected chi connectivity index (χ1v) is 12.9. The standard InChI is InChI=1S/C26H36N6O4/c1-17-14-18(4-5-20(17)25(34)31-12-7-19(15-31)35-2)29-23-22-21(6-11-28-24(22)33)32(30-23)26(9-10-27)8-3-13-36-16-26/h4-5,14,19,21-23,29-30H,3,6-9,11-13,15-16H2,1-2H3,(H,28,33)/t19-,21?,22?,23?,26+/m1/s1. The fourth-order valence-electron chi connectivity index (χ4n) is 6.26. The lowest BCUT2D eigenvalue weighted by Crippen LogP contribution is -2.61. The van der Waals surface area contributed by atoms with E-state index in [9.17, 15) is 14.9 Å². The number of benzene rings is 1. The average molecular weight is 497 g/mol. The summed E-state index contributed by atoms with van der Waals surface area (Å²) in [6, 6.07) is 8.05.